The van der Waals surface area contributed by atoms with Crippen LogP contribution in [0.15, 0.2) is 59.5 Å². The average molecular weight is 431 g/mol. The minimum atomic E-state index is -0.467. The van der Waals surface area contributed by atoms with E-state index < -0.39 is 23.7 Å². The van der Waals surface area contributed by atoms with Gasteiger partial charge in [0, 0.05) is 0 Å². The maximum atomic E-state index is 13.3. The van der Waals surface area contributed by atoms with Gasteiger partial charge in [-0.1, -0.05) is 66.4 Å². The molecule has 150 valence electrons. The number of carbonyl (C=O) groups is 2. The Hall–Kier alpha value is -2.55. The van der Waals surface area contributed by atoms with Crippen LogP contribution >= 0.6 is 24.0 Å². The SMILES string of the molecule is O=C(CN1C(=O)/C(=C/c2cccc(F)c2)SC1=S)N[C@H](CO)Cc1ccccc1. The van der Waals surface area contributed by atoms with Crippen molar-refractivity contribution in [2.24, 2.45) is 0 Å². The van der Waals surface area contributed by atoms with Gasteiger partial charge in [0.2, 0.25) is 5.91 Å². The molecule has 29 heavy (non-hydrogen) atoms. The molecule has 0 saturated carbocycles. The lowest BCUT2D eigenvalue weighted by molar-refractivity contribution is -0.129. The average Bonchev–Trinajstić information content (AvgIpc) is 2.95. The van der Waals surface area contributed by atoms with Gasteiger partial charge in [0.05, 0.1) is 17.6 Å². The van der Waals surface area contributed by atoms with E-state index in [9.17, 15) is 19.1 Å². The van der Waals surface area contributed by atoms with Crippen molar-refractivity contribution in [1.29, 1.82) is 0 Å². The molecular formula is C21H19FN2O3S2. The van der Waals surface area contributed by atoms with E-state index >= 15 is 0 Å². The van der Waals surface area contributed by atoms with Crippen LogP contribution in [0.2, 0.25) is 0 Å². The quantitative estimate of drug-likeness (QED) is 0.522. The van der Waals surface area contributed by atoms with E-state index in [1.165, 1.54) is 17.0 Å². The first-order valence-corrected chi connectivity index (χ1v) is 10.1. The number of aliphatic hydroxyl groups is 1. The predicted molar refractivity (Wildman–Crippen MR) is 115 cm³/mol. The summed E-state index contributed by atoms with van der Waals surface area (Å²) in [6.07, 6.45) is 2.02. The number of aliphatic hydroxyl groups excluding tert-OH is 1. The first-order chi connectivity index (χ1) is 14.0. The van der Waals surface area contributed by atoms with Crippen LogP contribution in [0.5, 0.6) is 0 Å². The summed E-state index contributed by atoms with van der Waals surface area (Å²) in [4.78, 5) is 26.6. The fourth-order valence-corrected chi connectivity index (χ4v) is 4.12. The second-order valence-corrected chi connectivity index (χ2v) is 8.14. The van der Waals surface area contributed by atoms with Crippen LogP contribution in [0.1, 0.15) is 11.1 Å². The summed E-state index contributed by atoms with van der Waals surface area (Å²) in [5.74, 6) is -1.21. The Bertz CT molecular complexity index is 950. The summed E-state index contributed by atoms with van der Waals surface area (Å²) in [5.41, 5.74) is 1.52. The zero-order chi connectivity index (χ0) is 20.8. The molecule has 2 amide bonds. The van der Waals surface area contributed by atoms with Gasteiger partial charge in [-0.05, 0) is 35.8 Å². The van der Waals surface area contributed by atoms with Crippen molar-refractivity contribution in [1.82, 2.24) is 10.2 Å². The van der Waals surface area contributed by atoms with Gasteiger partial charge in [0.1, 0.15) is 16.7 Å². The predicted octanol–water partition coefficient (Wildman–Crippen LogP) is 2.75. The molecule has 1 atom stereocenters. The van der Waals surface area contributed by atoms with Crippen molar-refractivity contribution >= 4 is 46.2 Å². The summed E-state index contributed by atoms with van der Waals surface area (Å²) in [6.45, 7) is -0.463. The second kappa shape index (κ2) is 9.78. The lowest BCUT2D eigenvalue weighted by atomic mass is 10.1. The van der Waals surface area contributed by atoms with Gasteiger partial charge in [-0.3, -0.25) is 14.5 Å². The third-order valence-electron chi connectivity index (χ3n) is 4.23. The molecule has 0 radical (unpaired) electrons. The molecule has 0 aromatic heterocycles. The number of nitrogens with one attached hydrogen (secondary N) is 1. The number of hydrogen-bond acceptors (Lipinski definition) is 5. The van der Waals surface area contributed by atoms with E-state index in [0.29, 0.717) is 16.9 Å². The van der Waals surface area contributed by atoms with Crippen LogP contribution in [0, 0.1) is 5.82 Å². The summed E-state index contributed by atoms with van der Waals surface area (Å²) < 4.78 is 13.6. The van der Waals surface area contributed by atoms with Crippen LogP contribution in [0.4, 0.5) is 4.39 Å². The Balaban J connectivity index is 1.62. The van der Waals surface area contributed by atoms with Crippen molar-refractivity contribution in [2.75, 3.05) is 13.2 Å². The Morgan fingerprint density at radius 1 is 1.24 bits per heavy atom. The van der Waals surface area contributed by atoms with Crippen molar-refractivity contribution in [2.45, 2.75) is 12.5 Å². The largest absolute Gasteiger partial charge is 0.394 e. The third-order valence-corrected chi connectivity index (χ3v) is 5.61. The van der Waals surface area contributed by atoms with Gasteiger partial charge in [-0.2, -0.15) is 0 Å². The highest BCUT2D eigenvalue weighted by Crippen LogP contribution is 2.32. The molecule has 2 aromatic carbocycles. The molecule has 0 spiro atoms. The smallest absolute Gasteiger partial charge is 0.266 e. The van der Waals surface area contributed by atoms with E-state index in [2.05, 4.69) is 5.32 Å². The highest BCUT2D eigenvalue weighted by molar-refractivity contribution is 8.26. The van der Waals surface area contributed by atoms with Crippen LogP contribution in [0.3, 0.4) is 0 Å². The van der Waals surface area contributed by atoms with E-state index in [4.69, 9.17) is 12.2 Å². The number of thioether (sulfide) groups is 1. The van der Waals surface area contributed by atoms with Crippen LogP contribution < -0.4 is 5.32 Å². The molecular weight excluding hydrogens is 411 g/mol. The lowest BCUT2D eigenvalue weighted by Crippen LogP contribution is -2.45. The number of halogens is 1. The topological polar surface area (TPSA) is 69.6 Å². The number of amides is 2. The molecule has 5 nitrogen and oxygen atoms in total. The molecule has 1 saturated heterocycles. The van der Waals surface area contributed by atoms with Gasteiger partial charge in [0.25, 0.3) is 5.91 Å². The van der Waals surface area contributed by atoms with E-state index in [1.807, 2.05) is 30.3 Å². The summed E-state index contributed by atoms with van der Waals surface area (Å²) in [5, 5.41) is 12.3. The van der Waals surface area contributed by atoms with Gasteiger partial charge >= 0.3 is 0 Å². The number of carbonyl (C=O) groups excluding carboxylic acids is 2. The molecule has 0 unspecified atom stereocenters. The third kappa shape index (κ3) is 5.72. The second-order valence-electron chi connectivity index (χ2n) is 6.46. The standard InChI is InChI=1S/C21H19FN2O3S2/c22-16-8-4-7-15(9-16)11-18-20(27)24(21(28)29-18)12-19(26)23-17(13-25)10-14-5-2-1-3-6-14/h1-9,11,17,25H,10,12-13H2,(H,23,26)/b18-11-/t17-/m0/s1. The molecule has 0 aliphatic carbocycles. The number of benzene rings is 2. The minimum Gasteiger partial charge on any atom is -0.394 e. The van der Waals surface area contributed by atoms with Gasteiger partial charge in [-0.15, -0.1) is 0 Å². The molecule has 1 aliphatic rings. The highest BCUT2D eigenvalue weighted by Gasteiger charge is 2.33. The molecule has 1 heterocycles. The Kier molecular flexibility index (Phi) is 7.13. The fourth-order valence-electron chi connectivity index (χ4n) is 2.86. The number of rotatable bonds is 7. The number of thiocarbonyl (C=S) groups is 1. The summed E-state index contributed by atoms with van der Waals surface area (Å²) in [6, 6.07) is 14.9. The molecule has 2 aromatic rings. The van der Waals surface area contributed by atoms with Crippen LogP contribution in [-0.4, -0.2) is 45.3 Å². The molecule has 8 heteroatoms. The minimum absolute atomic E-state index is 0.224. The first kappa shape index (κ1) is 21.2. The fraction of sp³-hybridized carbons (Fsp3) is 0.190. The number of nitrogens with zero attached hydrogens (tertiary/aromatic N) is 1. The maximum Gasteiger partial charge on any atom is 0.266 e. The van der Waals surface area contributed by atoms with Gasteiger partial charge in [-0.25, -0.2) is 4.39 Å². The lowest BCUT2D eigenvalue weighted by Gasteiger charge is -2.19. The zero-order valence-electron chi connectivity index (χ0n) is 15.4. The molecule has 2 N–H and O–H groups in total. The maximum absolute atomic E-state index is 13.3. The number of hydrogen-bond donors (Lipinski definition) is 2. The van der Waals surface area contributed by atoms with E-state index in [0.717, 1.165) is 17.3 Å². The molecule has 1 aliphatic heterocycles. The van der Waals surface area contributed by atoms with Crippen molar-refractivity contribution < 1.29 is 19.1 Å². The van der Waals surface area contributed by atoms with Crippen molar-refractivity contribution in [3.63, 3.8) is 0 Å². The summed E-state index contributed by atoms with van der Waals surface area (Å²) >= 11 is 6.29. The van der Waals surface area contributed by atoms with Crippen LogP contribution in [0.25, 0.3) is 6.08 Å². The van der Waals surface area contributed by atoms with Gasteiger partial charge in [0.15, 0.2) is 0 Å². The summed E-state index contributed by atoms with van der Waals surface area (Å²) in [7, 11) is 0. The van der Waals surface area contributed by atoms with Gasteiger partial charge < -0.3 is 10.4 Å². The first-order valence-electron chi connectivity index (χ1n) is 8.91. The zero-order valence-corrected chi connectivity index (χ0v) is 17.0. The molecule has 0 bridgehead atoms. The Morgan fingerprint density at radius 3 is 2.69 bits per heavy atom. The van der Waals surface area contributed by atoms with Crippen molar-refractivity contribution in [3.05, 3.63) is 76.4 Å². The highest BCUT2D eigenvalue weighted by atomic mass is 32.2. The monoisotopic (exact) mass is 430 g/mol. The molecule has 3 rings (SSSR count). The Labute approximate surface area is 177 Å². The van der Waals surface area contributed by atoms with E-state index in [-0.39, 0.29) is 17.5 Å². The molecule has 1 fully saturated rings. The Morgan fingerprint density at radius 2 is 2.00 bits per heavy atom. The normalized spacial score (nSPS) is 16.3. The van der Waals surface area contributed by atoms with E-state index in [1.54, 1.807) is 18.2 Å². The van der Waals surface area contributed by atoms with Crippen LogP contribution in [-0.2, 0) is 16.0 Å². The van der Waals surface area contributed by atoms with Crippen molar-refractivity contribution in [3.8, 4) is 0 Å².